The number of rotatable bonds is 5. The molecular formula is C15H26O2. The monoisotopic (exact) mass is 238 g/mol. The van der Waals surface area contributed by atoms with Crippen LogP contribution in [0.2, 0.25) is 0 Å². The molecule has 0 radical (unpaired) electrons. The van der Waals surface area contributed by atoms with E-state index < -0.39 is 0 Å². The Morgan fingerprint density at radius 1 is 1.18 bits per heavy atom. The summed E-state index contributed by atoms with van der Waals surface area (Å²) in [4.78, 5) is 11.5. The molecule has 1 saturated heterocycles. The Kier molecular flexibility index (Phi) is 4.61. The van der Waals surface area contributed by atoms with E-state index in [4.69, 9.17) is 4.74 Å². The quantitative estimate of drug-likeness (QED) is 0.723. The molecule has 1 unspecified atom stereocenters. The van der Waals surface area contributed by atoms with Crippen molar-refractivity contribution in [3.8, 4) is 0 Å². The summed E-state index contributed by atoms with van der Waals surface area (Å²) in [5.74, 6) is 0.417. The fourth-order valence-electron chi connectivity index (χ4n) is 3.39. The van der Waals surface area contributed by atoms with Gasteiger partial charge in [0, 0.05) is 12.8 Å². The molecule has 2 nitrogen and oxygen atoms in total. The van der Waals surface area contributed by atoms with Crippen molar-refractivity contribution in [2.24, 2.45) is 0 Å². The third-order valence-corrected chi connectivity index (χ3v) is 4.38. The SMILES string of the molecule is CCCC(=O)CCC1CCC2(CCCCC2)O1. The van der Waals surface area contributed by atoms with Crippen LogP contribution >= 0.6 is 0 Å². The second-order valence-electron chi connectivity index (χ2n) is 5.85. The smallest absolute Gasteiger partial charge is 0.132 e. The highest BCUT2D eigenvalue weighted by atomic mass is 16.5. The van der Waals surface area contributed by atoms with Gasteiger partial charge in [0.1, 0.15) is 5.78 Å². The number of hydrogen-bond acceptors (Lipinski definition) is 2. The zero-order valence-corrected chi connectivity index (χ0v) is 11.2. The predicted octanol–water partition coefficient (Wildman–Crippen LogP) is 4.02. The molecule has 1 aliphatic heterocycles. The Morgan fingerprint density at radius 3 is 2.65 bits per heavy atom. The molecule has 0 aromatic carbocycles. The Morgan fingerprint density at radius 2 is 1.94 bits per heavy atom. The molecule has 2 rings (SSSR count). The number of ether oxygens (including phenoxy) is 1. The van der Waals surface area contributed by atoms with Crippen molar-refractivity contribution < 1.29 is 9.53 Å². The highest BCUT2D eigenvalue weighted by Gasteiger charge is 2.40. The Balaban J connectivity index is 1.72. The van der Waals surface area contributed by atoms with Crippen molar-refractivity contribution in [1.29, 1.82) is 0 Å². The maximum absolute atomic E-state index is 11.5. The van der Waals surface area contributed by atoms with Crippen LogP contribution in [-0.4, -0.2) is 17.5 Å². The van der Waals surface area contributed by atoms with Gasteiger partial charge in [0.05, 0.1) is 11.7 Å². The molecule has 0 amide bonds. The van der Waals surface area contributed by atoms with Gasteiger partial charge in [-0.1, -0.05) is 26.2 Å². The molecule has 2 fully saturated rings. The van der Waals surface area contributed by atoms with Crippen molar-refractivity contribution in [2.75, 3.05) is 0 Å². The summed E-state index contributed by atoms with van der Waals surface area (Å²) in [7, 11) is 0. The molecule has 1 spiro atoms. The highest BCUT2D eigenvalue weighted by Crippen LogP contribution is 2.42. The lowest BCUT2D eigenvalue weighted by molar-refractivity contribution is -0.120. The van der Waals surface area contributed by atoms with Crippen molar-refractivity contribution in [2.45, 2.75) is 89.3 Å². The lowest BCUT2D eigenvalue weighted by atomic mass is 9.83. The molecule has 98 valence electrons. The van der Waals surface area contributed by atoms with Crippen LogP contribution in [0.15, 0.2) is 0 Å². The number of ketones is 1. The van der Waals surface area contributed by atoms with E-state index in [2.05, 4.69) is 6.92 Å². The standard InChI is InChI=1S/C15H26O2/c1-2-6-13(16)7-8-14-9-12-15(17-14)10-4-3-5-11-15/h14H,2-12H2,1H3. The molecule has 0 aromatic heterocycles. The molecule has 1 aliphatic carbocycles. The van der Waals surface area contributed by atoms with E-state index >= 15 is 0 Å². The first-order chi connectivity index (χ1) is 8.24. The second kappa shape index (κ2) is 5.99. The van der Waals surface area contributed by atoms with Crippen LogP contribution in [0.25, 0.3) is 0 Å². The average Bonchev–Trinajstić information content (AvgIpc) is 2.71. The van der Waals surface area contributed by atoms with Gasteiger partial charge in [-0.25, -0.2) is 0 Å². The first-order valence-corrected chi connectivity index (χ1v) is 7.44. The molecule has 1 atom stereocenters. The van der Waals surface area contributed by atoms with Crippen LogP contribution in [-0.2, 0) is 9.53 Å². The van der Waals surface area contributed by atoms with Crippen LogP contribution in [0.1, 0.15) is 77.6 Å². The summed E-state index contributed by atoms with van der Waals surface area (Å²) < 4.78 is 6.27. The molecule has 2 aliphatic rings. The van der Waals surface area contributed by atoms with Gasteiger partial charge in [-0.15, -0.1) is 0 Å². The third kappa shape index (κ3) is 3.54. The number of carbonyl (C=O) groups is 1. The lowest BCUT2D eigenvalue weighted by Gasteiger charge is -2.33. The van der Waals surface area contributed by atoms with Crippen molar-refractivity contribution >= 4 is 5.78 Å². The topological polar surface area (TPSA) is 26.3 Å². The Hall–Kier alpha value is -0.370. The van der Waals surface area contributed by atoms with Crippen LogP contribution < -0.4 is 0 Å². The van der Waals surface area contributed by atoms with Gasteiger partial charge >= 0.3 is 0 Å². The summed E-state index contributed by atoms with van der Waals surface area (Å²) in [6.45, 7) is 2.07. The summed E-state index contributed by atoms with van der Waals surface area (Å²) in [6.07, 6.45) is 12.8. The zero-order chi connectivity index (χ0) is 12.1. The number of carbonyl (C=O) groups excluding carboxylic acids is 1. The number of hydrogen-bond donors (Lipinski definition) is 0. The Labute approximate surface area is 105 Å². The van der Waals surface area contributed by atoms with Gasteiger partial charge < -0.3 is 4.74 Å². The molecular weight excluding hydrogens is 212 g/mol. The van der Waals surface area contributed by atoms with E-state index in [1.54, 1.807) is 0 Å². The summed E-state index contributed by atoms with van der Waals surface area (Å²) in [6, 6.07) is 0. The summed E-state index contributed by atoms with van der Waals surface area (Å²) in [5, 5.41) is 0. The minimum Gasteiger partial charge on any atom is -0.372 e. The van der Waals surface area contributed by atoms with Gasteiger partial charge in [0.2, 0.25) is 0 Å². The van der Waals surface area contributed by atoms with E-state index in [0.29, 0.717) is 11.9 Å². The average molecular weight is 238 g/mol. The zero-order valence-electron chi connectivity index (χ0n) is 11.2. The Bertz CT molecular complexity index is 254. The van der Waals surface area contributed by atoms with E-state index in [0.717, 1.165) is 25.7 Å². The normalized spacial score (nSPS) is 27.5. The van der Waals surface area contributed by atoms with Crippen molar-refractivity contribution in [3.63, 3.8) is 0 Å². The first-order valence-electron chi connectivity index (χ1n) is 7.44. The van der Waals surface area contributed by atoms with Gasteiger partial charge in [-0.3, -0.25) is 4.79 Å². The predicted molar refractivity (Wildman–Crippen MR) is 69.1 cm³/mol. The van der Waals surface area contributed by atoms with Crippen LogP contribution in [0.5, 0.6) is 0 Å². The molecule has 0 N–H and O–H groups in total. The molecule has 0 aromatic rings. The largest absolute Gasteiger partial charge is 0.372 e. The second-order valence-corrected chi connectivity index (χ2v) is 5.85. The molecule has 2 heteroatoms. The van der Waals surface area contributed by atoms with Gasteiger partial charge in [0.15, 0.2) is 0 Å². The van der Waals surface area contributed by atoms with Crippen LogP contribution in [0.4, 0.5) is 0 Å². The first kappa shape index (κ1) is 13.1. The third-order valence-electron chi connectivity index (χ3n) is 4.38. The fourth-order valence-corrected chi connectivity index (χ4v) is 3.39. The van der Waals surface area contributed by atoms with E-state index in [1.807, 2.05) is 0 Å². The maximum atomic E-state index is 11.5. The van der Waals surface area contributed by atoms with Gasteiger partial charge in [-0.2, -0.15) is 0 Å². The fraction of sp³-hybridized carbons (Fsp3) is 0.933. The van der Waals surface area contributed by atoms with Crippen molar-refractivity contribution in [1.82, 2.24) is 0 Å². The minimum absolute atomic E-state index is 0.219. The van der Waals surface area contributed by atoms with E-state index in [1.165, 1.54) is 44.9 Å². The lowest BCUT2D eigenvalue weighted by Crippen LogP contribution is -2.31. The summed E-state index contributed by atoms with van der Waals surface area (Å²) in [5.41, 5.74) is 0.219. The summed E-state index contributed by atoms with van der Waals surface area (Å²) >= 11 is 0. The van der Waals surface area contributed by atoms with E-state index in [-0.39, 0.29) is 5.60 Å². The van der Waals surface area contributed by atoms with Gasteiger partial charge in [0.25, 0.3) is 0 Å². The van der Waals surface area contributed by atoms with E-state index in [9.17, 15) is 4.79 Å². The van der Waals surface area contributed by atoms with Crippen LogP contribution in [0, 0.1) is 0 Å². The molecule has 17 heavy (non-hydrogen) atoms. The van der Waals surface area contributed by atoms with Crippen LogP contribution in [0.3, 0.4) is 0 Å². The number of Topliss-reactive ketones (excluding diaryl/α,β-unsaturated/α-hetero) is 1. The van der Waals surface area contributed by atoms with Crippen molar-refractivity contribution in [3.05, 3.63) is 0 Å². The molecule has 1 heterocycles. The molecule has 1 saturated carbocycles. The minimum atomic E-state index is 0.219. The highest BCUT2D eigenvalue weighted by molar-refractivity contribution is 5.78. The molecule has 0 bridgehead atoms. The maximum Gasteiger partial charge on any atom is 0.132 e. The van der Waals surface area contributed by atoms with Gasteiger partial charge in [-0.05, 0) is 38.5 Å².